The SMILES string of the molecule is Clc1ccc2c(n1)C(c1nc(C3OCCO3)sc1Cl)CCC2.NCl.O=Cc1nc(C2CCCc3ccc(Cl)nc32)c(Cl)s1. The van der Waals surface area contributed by atoms with Gasteiger partial charge in [0.25, 0.3) is 0 Å². The van der Waals surface area contributed by atoms with E-state index in [0.29, 0.717) is 37.2 Å². The Morgan fingerprint density at radius 1 is 0.721 bits per heavy atom. The predicted octanol–water partition coefficient (Wildman–Crippen LogP) is 8.58. The second-order valence-electron chi connectivity index (χ2n) is 9.86. The molecular formula is C28H26Cl5N5O3S2. The lowest BCUT2D eigenvalue weighted by atomic mass is 9.85. The molecule has 0 saturated carbocycles. The fourth-order valence-corrected chi connectivity index (χ4v) is 8.18. The first kappa shape index (κ1) is 32.9. The maximum Gasteiger partial charge on any atom is 0.211 e. The van der Waals surface area contributed by atoms with Gasteiger partial charge in [0.2, 0.25) is 6.29 Å². The van der Waals surface area contributed by atoms with Gasteiger partial charge in [0.05, 0.1) is 36.0 Å². The molecule has 43 heavy (non-hydrogen) atoms. The van der Waals surface area contributed by atoms with Crippen molar-refractivity contribution in [2.24, 2.45) is 5.25 Å². The fourth-order valence-electron chi connectivity index (χ4n) is 5.52. The van der Waals surface area contributed by atoms with Crippen LogP contribution in [0.2, 0.25) is 19.0 Å². The number of aldehydes is 1. The molecule has 0 spiro atoms. The van der Waals surface area contributed by atoms with Crippen LogP contribution in [0.15, 0.2) is 24.3 Å². The van der Waals surface area contributed by atoms with Gasteiger partial charge in [-0.25, -0.2) is 25.2 Å². The molecule has 2 N–H and O–H groups in total. The van der Waals surface area contributed by atoms with Crippen LogP contribution in [0, 0.1) is 0 Å². The highest BCUT2D eigenvalue weighted by atomic mass is 35.5. The summed E-state index contributed by atoms with van der Waals surface area (Å²) in [4.78, 5) is 28.8. The third-order valence-corrected chi connectivity index (χ3v) is 10.3. The number of pyridine rings is 2. The zero-order valence-electron chi connectivity index (χ0n) is 22.6. The molecule has 4 aromatic rings. The summed E-state index contributed by atoms with van der Waals surface area (Å²) in [5, 5.41) is 6.16. The predicted molar refractivity (Wildman–Crippen MR) is 172 cm³/mol. The lowest BCUT2D eigenvalue weighted by molar-refractivity contribution is -0.0443. The zero-order chi connectivity index (χ0) is 30.5. The van der Waals surface area contributed by atoms with Crippen LogP contribution in [0.1, 0.15) is 92.5 Å². The first-order valence-electron chi connectivity index (χ1n) is 13.4. The van der Waals surface area contributed by atoms with Crippen LogP contribution in [0.5, 0.6) is 0 Å². The highest BCUT2D eigenvalue weighted by Gasteiger charge is 2.31. The summed E-state index contributed by atoms with van der Waals surface area (Å²) in [6, 6.07) is 7.72. The molecule has 0 amide bonds. The highest BCUT2D eigenvalue weighted by Crippen LogP contribution is 2.43. The van der Waals surface area contributed by atoms with Gasteiger partial charge in [-0.15, -0.1) is 11.3 Å². The summed E-state index contributed by atoms with van der Waals surface area (Å²) in [5.41, 5.74) is 6.01. The van der Waals surface area contributed by atoms with Crippen molar-refractivity contribution in [3.63, 3.8) is 0 Å². The number of fused-ring (bicyclic) bond motifs is 2. The van der Waals surface area contributed by atoms with Crippen molar-refractivity contribution < 1.29 is 14.3 Å². The number of nitrogens with zero attached hydrogens (tertiary/aromatic N) is 4. The molecule has 5 heterocycles. The highest BCUT2D eigenvalue weighted by molar-refractivity contribution is 7.17. The van der Waals surface area contributed by atoms with Gasteiger partial charge in [0.15, 0.2) is 16.3 Å². The van der Waals surface area contributed by atoms with E-state index in [0.717, 1.165) is 72.6 Å². The summed E-state index contributed by atoms with van der Waals surface area (Å²) >= 11 is 31.5. The van der Waals surface area contributed by atoms with Crippen molar-refractivity contribution in [3.8, 4) is 0 Å². The number of hydrogen-bond donors (Lipinski definition) is 1. The molecule has 7 rings (SSSR count). The normalized spacial score (nSPS) is 19.4. The number of aromatic nitrogens is 4. The minimum Gasteiger partial charge on any atom is -0.344 e. The molecule has 0 bridgehead atoms. The molecular weight excluding hydrogens is 696 g/mol. The number of carbonyl (C=O) groups excluding carboxylic acids is 1. The van der Waals surface area contributed by atoms with Gasteiger partial charge >= 0.3 is 0 Å². The van der Waals surface area contributed by atoms with E-state index >= 15 is 0 Å². The van der Waals surface area contributed by atoms with Crippen LogP contribution in [-0.4, -0.2) is 39.4 Å². The molecule has 2 aliphatic carbocycles. The van der Waals surface area contributed by atoms with Gasteiger partial charge in [-0.05, 0) is 73.6 Å². The lowest BCUT2D eigenvalue weighted by Gasteiger charge is -2.23. The Morgan fingerprint density at radius 3 is 1.74 bits per heavy atom. The largest absolute Gasteiger partial charge is 0.344 e. The number of rotatable bonds is 4. The van der Waals surface area contributed by atoms with Gasteiger partial charge in [-0.3, -0.25) is 4.79 Å². The van der Waals surface area contributed by atoms with Gasteiger partial charge in [0.1, 0.15) is 19.0 Å². The molecule has 15 heteroatoms. The van der Waals surface area contributed by atoms with Gasteiger partial charge in [-0.1, -0.05) is 69.9 Å². The molecule has 4 aromatic heterocycles. The van der Waals surface area contributed by atoms with E-state index in [4.69, 9.17) is 60.9 Å². The maximum absolute atomic E-state index is 10.8. The second-order valence-corrected chi connectivity index (χ2v) is 13.9. The lowest BCUT2D eigenvalue weighted by Crippen LogP contribution is -2.14. The monoisotopic (exact) mass is 719 g/mol. The van der Waals surface area contributed by atoms with E-state index in [1.807, 2.05) is 18.2 Å². The van der Waals surface area contributed by atoms with E-state index in [1.165, 1.54) is 33.8 Å². The van der Waals surface area contributed by atoms with Crippen molar-refractivity contribution in [3.05, 3.63) is 87.2 Å². The van der Waals surface area contributed by atoms with Crippen LogP contribution in [0.25, 0.3) is 0 Å². The van der Waals surface area contributed by atoms with Crippen molar-refractivity contribution in [1.29, 1.82) is 0 Å². The Labute approximate surface area is 281 Å². The average molecular weight is 722 g/mol. The van der Waals surface area contributed by atoms with E-state index in [2.05, 4.69) is 38.0 Å². The summed E-state index contributed by atoms with van der Waals surface area (Å²) < 4.78 is 12.3. The second kappa shape index (κ2) is 15.2. The smallest absolute Gasteiger partial charge is 0.211 e. The number of halogens is 5. The first-order chi connectivity index (χ1) is 20.9. The van der Waals surface area contributed by atoms with Gasteiger partial charge < -0.3 is 9.47 Å². The minimum absolute atomic E-state index is 0.0416. The summed E-state index contributed by atoms with van der Waals surface area (Å²) in [7, 11) is 0. The first-order valence-corrected chi connectivity index (χ1v) is 17.0. The van der Waals surface area contributed by atoms with Crippen LogP contribution in [-0.2, 0) is 22.3 Å². The summed E-state index contributed by atoms with van der Waals surface area (Å²) in [5.74, 6) is 0.140. The molecule has 1 aliphatic heterocycles. The molecule has 0 aromatic carbocycles. The van der Waals surface area contributed by atoms with Crippen LogP contribution in [0.4, 0.5) is 0 Å². The standard InChI is InChI=1S/C15H14Cl2N2O2S.C13H10Cl2N2OS.ClH2N/c16-10-5-4-8-2-1-3-9(11(8)18-10)12-13(17)22-14(19-12)15-20-6-7-21-15;14-9-5-4-7-2-1-3-8(11(7)16-9)12-13(15)19-10(6-18)17-12;1-2/h4-5,9,15H,1-3,6-7H2;4-6,8H,1-3H2;2H2. The molecule has 228 valence electrons. The van der Waals surface area contributed by atoms with Crippen LogP contribution >= 0.6 is 80.9 Å². The van der Waals surface area contributed by atoms with Crippen molar-refractivity contribution in [2.45, 2.75) is 56.7 Å². The fraction of sp³-hybridized carbons (Fsp3) is 0.393. The summed E-state index contributed by atoms with van der Waals surface area (Å²) in [6.45, 7) is 1.20. The molecule has 1 fully saturated rings. The molecule has 0 radical (unpaired) electrons. The molecule has 1 saturated heterocycles. The Bertz CT molecular complexity index is 1580. The zero-order valence-corrected chi connectivity index (χ0v) is 28.0. The molecule has 3 aliphatic rings. The Balaban J connectivity index is 0.000000164. The number of hydrogen-bond acceptors (Lipinski definition) is 10. The quantitative estimate of drug-likeness (QED) is 0.127. The van der Waals surface area contributed by atoms with E-state index in [1.54, 1.807) is 0 Å². The molecule has 8 nitrogen and oxygen atoms in total. The van der Waals surface area contributed by atoms with E-state index in [9.17, 15) is 4.79 Å². The minimum atomic E-state index is -0.383. The van der Waals surface area contributed by atoms with Gasteiger partial charge in [0, 0.05) is 11.8 Å². The molecule has 2 unspecified atom stereocenters. The topological polar surface area (TPSA) is 113 Å². The number of thiazole rings is 2. The third-order valence-electron chi connectivity index (χ3n) is 7.33. The Kier molecular flexibility index (Phi) is 11.7. The van der Waals surface area contributed by atoms with E-state index < -0.39 is 0 Å². The van der Waals surface area contributed by atoms with Crippen LogP contribution < -0.4 is 5.25 Å². The average Bonchev–Trinajstić information content (AvgIpc) is 3.78. The van der Waals surface area contributed by atoms with Crippen molar-refractivity contribution in [1.82, 2.24) is 19.9 Å². The van der Waals surface area contributed by atoms with Crippen LogP contribution in [0.3, 0.4) is 0 Å². The maximum atomic E-state index is 10.8. The third kappa shape index (κ3) is 7.52. The number of aryl methyl sites for hydroxylation is 2. The summed E-state index contributed by atoms with van der Waals surface area (Å²) in [6.07, 6.45) is 6.45. The van der Waals surface area contributed by atoms with Crippen molar-refractivity contribution >= 4 is 87.1 Å². The Hall–Kier alpha value is -1.44. The number of nitrogens with two attached hydrogens (primary N) is 1. The molecule has 2 atom stereocenters. The Morgan fingerprint density at radius 2 is 1.23 bits per heavy atom. The van der Waals surface area contributed by atoms with Crippen molar-refractivity contribution in [2.75, 3.05) is 13.2 Å². The number of carbonyl (C=O) groups is 1. The van der Waals surface area contributed by atoms with Gasteiger partial charge in [-0.2, -0.15) is 0 Å². The van der Waals surface area contributed by atoms with E-state index in [-0.39, 0.29) is 18.1 Å². The number of ether oxygens (including phenoxy) is 2.